The first-order chi connectivity index (χ1) is 13.7. The van der Waals surface area contributed by atoms with Crippen LogP contribution in [0, 0.1) is 0 Å². The van der Waals surface area contributed by atoms with Gasteiger partial charge in [-0.05, 0) is 6.07 Å². The largest absolute Gasteiger partial charge is 0.490 e. The molecular formula is C10H18N3O14P3. The molecule has 20 heteroatoms. The summed E-state index contributed by atoms with van der Waals surface area (Å²) in [6.07, 6.45) is -2.43. The van der Waals surface area contributed by atoms with Gasteiger partial charge in [-0.3, -0.25) is 13.9 Å². The molecule has 0 aromatic carbocycles. The Labute approximate surface area is 167 Å². The Morgan fingerprint density at radius 3 is 2.47 bits per heavy atom. The molecular weight excluding hydrogens is 479 g/mol. The second kappa shape index (κ2) is 9.63. The third-order valence-electron chi connectivity index (χ3n) is 3.37. The Morgan fingerprint density at radius 1 is 1.23 bits per heavy atom. The van der Waals surface area contributed by atoms with Gasteiger partial charge in [-0.1, -0.05) is 0 Å². The Kier molecular flexibility index (Phi) is 8.10. The standard InChI is InChI=1S/C10H18N3O14P3/c1-23-12-8-2-3-13(10(15)11-8)9-4-6(14)7(25-9)5-24-29(19,20)27-30(21,22)26-28(16,17)18/h2-3,6-7,9,14H,4-5H2,1H3,(H,19,20)(H,21,22)(H,11,12,15)(H2,16,17,18)/t6-,7+,9+/m0/s1. The molecule has 2 rings (SSSR count). The first kappa shape index (κ1) is 25.2. The molecule has 1 aliphatic heterocycles. The highest BCUT2D eigenvalue weighted by Gasteiger charge is 2.42. The lowest BCUT2D eigenvalue weighted by molar-refractivity contribution is -0.0449. The Bertz CT molecular complexity index is 947. The molecule has 0 saturated carbocycles. The zero-order valence-corrected chi connectivity index (χ0v) is 17.6. The molecule has 1 aliphatic rings. The van der Waals surface area contributed by atoms with Gasteiger partial charge in [0, 0.05) is 12.6 Å². The van der Waals surface area contributed by atoms with Gasteiger partial charge in [-0.15, -0.1) is 0 Å². The van der Waals surface area contributed by atoms with Crippen LogP contribution >= 0.6 is 23.5 Å². The van der Waals surface area contributed by atoms with Crippen molar-refractivity contribution in [3.8, 4) is 0 Å². The molecule has 172 valence electrons. The van der Waals surface area contributed by atoms with Crippen molar-refractivity contribution in [2.45, 2.75) is 24.9 Å². The van der Waals surface area contributed by atoms with Crippen molar-refractivity contribution in [3.63, 3.8) is 0 Å². The van der Waals surface area contributed by atoms with Crippen molar-refractivity contribution < 1.29 is 61.1 Å². The monoisotopic (exact) mass is 497 g/mol. The van der Waals surface area contributed by atoms with Gasteiger partial charge in [0.05, 0.1) is 19.8 Å². The molecule has 0 aliphatic carbocycles. The predicted octanol–water partition coefficient (Wildman–Crippen LogP) is -0.792. The number of ether oxygens (including phenoxy) is 1. The molecule has 0 amide bonds. The molecule has 1 fully saturated rings. The first-order valence-corrected chi connectivity index (χ1v) is 12.2. The summed E-state index contributed by atoms with van der Waals surface area (Å²) in [5.74, 6) is 0.113. The summed E-state index contributed by atoms with van der Waals surface area (Å²) in [5, 5.41) is 10.0. The lowest BCUT2D eigenvalue weighted by Gasteiger charge is -2.19. The van der Waals surface area contributed by atoms with E-state index in [0.29, 0.717) is 0 Å². The Morgan fingerprint density at radius 2 is 1.90 bits per heavy atom. The van der Waals surface area contributed by atoms with Crippen LogP contribution in [0.2, 0.25) is 0 Å². The van der Waals surface area contributed by atoms with Gasteiger partial charge in [0.25, 0.3) is 0 Å². The third kappa shape index (κ3) is 7.59. The van der Waals surface area contributed by atoms with Gasteiger partial charge in [-0.25, -0.2) is 24.0 Å². The van der Waals surface area contributed by atoms with Gasteiger partial charge in [0.15, 0.2) is 5.82 Å². The van der Waals surface area contributed by atoms with E-state index < -0.39 is 54.2 Å². The highest BCUT2D eigenvalue weighted by atomic mass is 31.3. The van der Waals surface area contributed by atoms with Crippen LogP contribution in [0.4, 0.5) is 5.82 Å². The van der Waals surface area contributed by atoms with Gasteiger partial charge in [0.1, 0.15) is 12.3 Å². The minimum absolute atomic E-state index is 0.113. The Balaban J connectivity index is 1.98. The summed E-state index contributed by atoms with van der Waals surface area (Å²) in [7, 11) is -15.2. The minimum atomic E-state index is -5.66. The van der Waals surface area contributed by atoms with E-state index in [4.69, 9.17) is 19.4 Å². The van der Waals surface area contributed by atoms with Gasteiger partial charge in [-0.2, -0.15) is 13.6 Å². The molecule has 0 radical (unpaired) electrons. The van der Waals surface area contributed by atoms with Crippen LogP contribution in [0.5, 0.6) is 0 Å². The SMILES string of the molecule is CONc1ccn([C@H]2C[C@H](O)[C@@H](COP(=O)(O)OP(=O)(O)OP(=O)(O)O)O2)c(=O)n1. The molecule has 0 spiro atoms. The molecule has 6 N–H and O–H groups in total. The number of phosphoric ester groups is 1. The van der Waals surface area contributed by atoms with Crippen LogP contribution in [0.25, 0.3) is 0 Å². The smallest absolute Gasteiger partial charge is 0.390 e. The van der Waals surface area contributed by atoms with Crippen LogP contribution in [-0.4, -0.2) is 60.2 Å². The summed E-state index contributed by atoms with van der Waals surface area (Å²) in [4.78, 5) is 55.7. The normalized spacial score (nSPS) is 26.1. The number of hydrogen-bond acceptors (Lipinski definition) is 12. The molecule has 2 unspecified atom stereocenters. The van der Waals surface area contributed by atoms with E-state index in [1.165, 1.54) is 19.4 Å². The molecule has 1 saturated heterocycles. The minimum Gasteiger partial charge on any atom is -0.390 e. The number of anilines is 1. The fourth-order valence-corrected chi connectivity index (χ4v) is 5.33. The maximum Gasteiger partial charge on any atom is 0.490 e. The van der Waals surface area contributed by atoms with E-state index in [1.807, 2.05) is 0 Å². The lowest BCUT2D eigenvalue weighted by Crippen LogP contribution is -2.28. The Hall–Kier alpha value is -1.03. The fraction of sp³-hybridized carbons (Fsp3) is 0.600. The molecule has 2 heterocycles. The number of aromatic nitrogens is 2. The average molecular weight is 497 g/mol. The molecule has 5 atom stereocenters. The summed E-state index contributed by atoms with van der Waals surface area (Å²) >= 11 is 0. The zero-order valence-electron chi connectivity index (χ0n) is 14.9. The van der Waals surface area contributed by atoms with Crippen LogP contribution in [0.1, 0.15) is 12.6 Å². The van der Waals surface area contributed by atoms with E-state index in [9.17, 15) is 28.5 Å². The highest BCUT2D eigenvalue weighted by molar-refractivity contribution is 7.66. The number of nitrogens with one attached hydrogen (secondary N) is 1. The molecule has 17 nitrogen and oxygen atoms in total. The first-order valence-electron chi connectivity index (χ1n) is 7.71. The maximum atomic E-state index is 12.0. The van der Waals surface area contributed by atoms with Gasteiger partial charge < -0.3 is 29.4 Å². The van der Waals surface area contributed by atoms with Crippen molar-refractivity contribution in [2.75, 3.05) is 19.2 Å². The molecule has 1 aromatic heterocycles. The number of aliphatic hydroxyl groups excluding tert-OH is 1. The third-order valence-corrected chi connectivity index (χ3v) is 7.17. The van der Waals surface area contributed by atoms with Crippen molar-refractivity contribution in [2.24, 2.45) is 0 Å². The van der Waals surface area contributed by atoms with E-state index >= 15 is 0 Å². The van der Waals surface area contributed by atoms with Crippen LogP contribution in [0.15, 0.2) is 17.1 Å². The highest BCUT2D eigenvalue weighted by Crippen LogP contribution is 2.66. The molecule has 0 bridgehead atoms. The predicted molar refractivity (Wildman–Crippen MR) is 93.5 cm³/mol. The second-order valence-electron chi connectivity index (χ2n) is 5.63. The lowest BCUT2D eigenvalue weighted by atomic mass is 10.2. The number of phosphoric acid groups is 3. The van der Waals surface area contributed by atoms with Crippen LogP contribution < -0.4 is 11.2 Å². The van der Waals surface area contributed by atoms with E-state index in [-0.39, 0.29) is 12.2 Å². The number of nitrogens with zero attached hydrogens (tertiary/aromatic N) is 2. The summed E-state index contributed by atoms with van der Waals surface area (Å²) in [5.41, 5.74) is 1.58. The quantitative estimate of drug-likeness (QED) is 0.171. The van der Waals surface area contributed by atoms with Crippen molar-refractivity contribution in [1.29, 1.82) is 0 Å². The van der Waals surface area contributed by atoms with E-state index in [0.717, 1.165) is 4.57 Å². The fourth-order valence-electron chi connectivity index (χ4n) is 2.30. The summed E-state index contributed by atoms with van der Waals surface area (Å²) in [6, 6.07) is 1.38. The molecule has 30 heavy (non-hydrogen) atoms. The van der Waals surface area contributed by atoms with Crippen LogP contribution in [0.3, 0.4) is 0 Å². The number of aliphatic hydroxyl groups is 1. The zero-order chi connectivity index (χ0) is 22.7. The van der Waals surface area contributed by atoms with Gasteiger partial charge in [0.2, 0.25) is 0 Å². The summed E-state index contributed by atoms with van der Waals surface area (Å²) in [6.45, 7) is -0.854. The van der Waals surface area contributed by atoms with E-state index in [1.54, 1.807) is 0 Å². The average Bonchev–Trinajstić information content (AvgIpc) is 2.91. The number of rotatable bonds is 10. The topological polar surface area (TPSA) is 245 Å². The van der Waals surface area contributed by atoms with E-state index in [2.05, 4.69) is 28.4 Å². The maximum absolute atomic E-state index is 12.0. The summed E-state index contributed by atoms with van der Waals surface area (Å²) < 4.78 is 51.5. The van der Waals surface area contributed by atoms with Crippen molar-refractivity contribution in [3.05, 3.63) is 22.7 Å². The molecule has 1 aromatic rings. The van der Waals surface area contributed by atoms with Gasteiger partial charge >= 0.3 is 29.2 Å². The van der Waals surface area contributed by atoms with Crippen molar-refractivity contribution in [1.82, 2.24) is 9.55 Å². The van der Waals surface area contributed by atoms with Crippen molar-refractivity contribution >= 4 is 29.3 Å². The second-order valence-corrected chi connectivity index (χ2v) is 10.0. The van der Waals surface area contributed by atoms with Crippen LogP contribution in [-0.2, 0) is 36.4 Å². The number of hydrogen-bond donors (Lipinski definition) is 6.